The van der Waals surface area contributed by atoms with Crippen LogP contribution in [0.3, 0.4) is 0 Å². The van der Waals surface area contributed by atoms with Gasteiger partial charge in [0.05, 0.1) is 0 Å². The van der Waals surface area contributed by atoms with E-state index in [4.69, 9.17) is 5.73 Å². The molecule has 0 atom stereocenters. The molecule has 2 N–H and O–H groups in total. The van der Waals surface area contributed by atoms with Crippen molar-refractivity contribution < 1.29 is 0 Å². The minimum absolute atomic E-state index is 0.855. The van der Waals surface area contributed by atoms with Crippen LogP contribution >= 0.6 is 0 Å². The average Bonchev–Trinajstić information content (AvgIpc) is 2.52. The molecule has 128 valence electrons. The van der Waals surface area contributed by atoms with Gasteiger partial charge in [-0.05, 0) is 13.0 Å². The highest BCUT2D eigenvalue weighted by Gasteiger charge is 1.96. The van der Waals surface area contributed by atoms with Gasteiger partial charge >= 0.3 is 0 Å². The second-order valence-electron chi connectivity index (χ2n) is 6.80. The first-order valence-corrected chi connectivity index (χ1v) is 10.1. The fourth-order valence-corrected chi connectivity index (χ4v) is 3.05. The van der Waals surface area contributed by atoms with E-state index in [-0.39, 0.29) is 0 Å². The van der Waals surface area contributed by atoms with Crippen LogP contribution in [0.5, 0.6) is 0 Å². The molecule has 0 aromatic rings. The van der Waals surface area contributed by atoms with E-state index in [1.54, 1.807) is 0 Å². The van der Waals surface area contributed by atoms with Gasteiger partial charge in [0.15, 0.2) is 0 Å². The third-order valence-corrected chi connectivity index (χ3v) is 4.56. The lowest BCUT2D eigenvalue weighted by atomic mass is 10.1. The smallest absolute Gasteiger partial charge is 0.00773 e. The van der Waals surface area contributed by atoms with Crippen molar-refractivity contribution in [2.24, 2.45) is 5.73 Å². The maximum absolute atomic E-state index is 5.21. The Morgan fingerprint density at radius 3 is 0.810 bits per heavy atom. The Hall–Kier alpha value is -0.0400. The van der Waals surface area contributed by atoms with Crippen molar-refractivity contribution in [1.82, 2.24) is 0 Å². The van der Waals surface area contributed by atoms with Gasteiger partial charge in [0.2, 0.25) is 0 Å². The highest BCUT2D eigenvalue weighted by atomic mass is 14.5. The van der Waals surface area contributed by atoms with Crippen LogP contribution in [0, 0.1) is 0 Å². The van der Waals surface area contributed by atoms with E-state index in [9.17, 15) is 0 Å². The second kappa shape index (κ2) is 20.0. The first-order valence-electron chi connectivity index (χ1n) is 10.1. The molecule has 0 aliphatic heterocycles. The Morgan fingerprint density at radius 1 is 0.476 bits per heavy atom. The Morgan fingerprint density at radius 2 is 0.714 bits per heavy atom. The summed E-state index contributed by atoms with van der Waals surface area (Å²) in [5.41, 5.74) is 5.21. The van der Waals surface area contributed by atoms with Gasteiger partial charge in [-0.3, -0.25) is 0 Å². The monoisotopic (exact) mass is 297 g/mol. The molecule has 0 unspecified atom stereocenters. The summed E-state index contributed by atoms with van der Waals surface area (Å²) >= 11 is 0. The van der Waals surface area contributed by atoms with Gasteiger partial charge in [0.1, 0.15) is 0 Å². The third-order valence-electron chi connectivity index (χ3n) is 4.56. The second-order valence-corrected chi connectivity index (χ2v) is 6.80. The molecule has 21 heavy (non-hydrogen) atoms. The predicted molar refractivity (Wildman–Crippen MR) is 97.8 cm³/mol. The van der Waals surface area contributed by atoms with Crippen molar-refractivity contribution >= 4 is 0 Å². The fraction of sp³-hybridized carbons (Fsp3) is 1.00. The molecule has 1 fully saturated rings. The molecule has 0 amide bonds. The number of unbranched alkanes of at least 4 members (excludes halogenated alkanes) is 2. The van der Waals surface area contributed by atoms with Crippen molar-refractivity contribution in [3.8, 4) is 0 Å². The lowest BCUT2D eigenvalue weighted by Crippen LogP contribution is -1.96. The van der Waals surface area contributed by atoms with E-state index in [2.05, 4.69) is 6.92 Å². The molecule has 1 saturated carbocycles. The van der Waals surface area contributed by atoms with Gasteiger partial charge < -0.3 is 5.73 Å². The summed E-state index contributed by atoms with van der Waals surface area (Å²) in [5.74, 6) is 0. The van der Waals surface area contributed by atoms with Crippen molar-refractivity contribution in [2.45, 2.75) is 122 Å². The van der Waals surface area contributed by atoms with Crippen molar-refractivity contribution in [3.63, 3.8) is 0 Å². The van der Waals surface area contributed by atoms with Gasteiger partial charge in [0, 0.05) is 0 Å². The van der Waals surface area contributed by atoms with Gasteiger partial charge in [-0.2, -0.15) is 0 Å². The number of nitrogens with two attached hydrogens (primary N) is 1. The van der Waals surface area contributed by atoms with Crippen LogP contribution in [-0.4, -0.2) is 6.54 Å². The third kappa shape index (κ3) is 20.0. The molecule has 0 heterocycles. The Balaban J connectivity index is 0.000000567. The summed E-state index contributed by atoms with van der Waals surface area (Å²) < 4.78 is 0. The maximum atomic E-state index is 5.21. The summed E-state index contributed by atoms with van der Waals surface area (Å²) in [6.45, 7) is 3.03. The summed E-state index contributed by atoms with van der Waals surface area (Å²) in [6.07, 6.45) is 26.3. The molecule has 0 bridgehead atoms. The summed E-state index contributed by atoms with van der Waals surface area (Å²) in [7, 11) is 0. The molecule has 0 spiro atoms. The normalized spacial score (nSPS) is 19.7. The fourth-order valence-electron chi connectivity index (χ4n) is 3.05. The molecular weight excluding hydrogens is 254 g/mol. The number of hydrogen-bond acceptors (Lipinski definition) is 1. The number of hydrogen-bond donors (Lipinski definition) is 1. The Labute approximate surface area is 135 Å². The summed E-state index contributed by atoms with van der Waals surface area (Å²) in [4.78, 5) is 0. The van der Waals surface area contributed by atoms with Crippen LogP contribution in [0.15, 0.2) is 0 Å². The minimum atomic E-state index is 0.855. The highest BCUT2D eigenvalue weighted by molar-refractivity contribution is 4.52. The molecule has 1 rings (SSSR count). The lowest BCUT2D eigenvalue weighted by Gasteiger charge is -2.01. The lowest BCUT2D eigenvalue weighted by molar-refractivity contribution is 0.548. The zero-order valence-electron chi connectivity index (χ0n) is 15.0. The molecule has 0 saturated heterocycles. The average molecular weight is 298 g/mol. The van der Waals surface area contributed by atoms with Crippen LogP contribution in [0.25, 0.3) is 0 Å². The molecule has 1 aliphatic rings. The van der Waals surface area contributed by atoms with Gasteiger partial charge in [-0.1, -0.05) is 116 Å². The minimum Gasteiger partial charge on any atom is -0.330 e. The Kier molecular flexibility index (Phi) is 19.9. The molecule has 0 aromatic carbocycles. The van der Waals surface area contributed by atoms with Crippen molar-refractivity contribution in [1.29, 1.82) is 0 Å². The van der Waals surface area contributed by atoms with E-state index < -0.39 is 0 Å². The molecule has 0 aromatic heterocycles. The standard InChI is InChI=1S/C15H30.C5H13N/c1-2-4-6-8-10-12-14-15-13-11-9-7-5-3-1;1-2-3-4-5-6/h1-15H2;2-6H2,1H3. The van der Waals surface area contributed by atoms with Crippen LogP contribution in [0.1, 0.15) is 122 Å². The van der Waals surface area contributed by atoms with E-state index in [0.717, 1.165) is 6.54 Å². The topological polar surface area (TPSA) is 26.0 Å². The van der Waals surface area contributed by atoms with Crippen molar-refractivity contribution in [3.05, 3.63) is 0 Å². The first kappa shape index (κ1) is 21.0. The van der Waals surface area contributed by atoms with Crippen molar-refractivity contribution in [2.75, 3.05) is 6.54 Å². The zero-order valence-corrected chi connectivity index (χ0v) is 15.0. The quantitative estimate of drug-likeness (QED) is 0.558. The van der Waals surface area contributed by atoms with Gasteiger partial charge in [-0.15, -0.1) is 0 Å². The maximum Gasteiger partial charge on any atom is -0.00773 e. The van der Waals surface area contributed by atoms with Crippen LogP contribution in [-0.2, 0) is 0 Å². The summed E-state index contributed by atoms with van der Waals surface area (Å²) in [5, 5.41) is 0. The van der Waals surface area contributed by atoms with Gasteiger partial charge in [0.25, 0.3) is 0 Å². The van der Waals surface area contributed by atoms with E-state index in [1.165, 1.54) is 116 Å². The van der Waals surface area contributed by atoms with Gasteiger partial charge in [-0.25, -0.2) is 0 Å². The van der Waals surface area contributed by atoms with Crippen LogP contribution in [0.2, 0.25) is 0 Å². The molecule has 1 heteroatoms. The number of rotatable bonds is 3. The molecule has 1 aliphatic carbocycles. The zero-order chi connectivity index (χ0) is 15.4. The summed E-state index contributed by atoms with van der Waals surface area (Å²) in [6, 6.07) is 0. The van der Waals surface area contributed by atoms with Crippen LogP contribution < -0.4 is 5.73 Å². The molecule has 0 radical (unpaired) electrons. The molecule has 1 nitrogen and oxygen atoms in total. The highest BCUT2D eigenvalue weighted by Crippen LogP contribution is 2.16. The first-order chi connectivity index (χ1) is 10.4. The Bertz CT molecular complexity index is 105. The van der Waals surface area contributed by atoms with Crippen LogP contribution in [0.4, 0.5) is 0 Å². The van der Waals surface area contributed by atoms with E-state index in [1.807, 2.05) is 0 Å². The van der Waals surface area contributed by atoms with E-state index >= 15 is 0 Å². The SMILES string of the molecule is C1CCCCCCCCCCCCCC1.CCCCCN. The largest absolute Gasteiger partial charge is 0.330 e. The molecular formula is C20H43N. The predicted octanol–water partition coefficient (Wildman–Crippen LogP) is 6.99. The van der Waals surface area contributed by atoms with E-state index in [0.29, 0.717) is 0 Å².